The topological polar surface area (TPSA) is 75.6 Å². The fraction of sp³-hybridized carbons (Fsp3) is 0.833. The summed E-state index contributed by atoms with van der Waals surface area (Å²) in [5.41, 5.74) is -0.300. The van der Waals surface area contributed by atoms with Crippen molar-refractivity contribution in [1.82, 2.24) is 5.32 Å². The maximum absolute atomic E-state index is 11.4. The molecule has 0 bridgehead atoms. The van der Waals surface area contributed by atoms with Gasteiger partial charge in [0.05, 0.1) is 5.60 Å². The van der Waals surface area contributed by atoms with Gasteiger partial charge in [0, 0.05) is 18.9 Å². The van der Waals surface area contributed by atoms with Gasteiger partial charge >= 0.3 is 5.97 Å². The number of hydrogen-bond acceptors (Lipinski definition) is 3. The summed E-state index contributed by atoms with van der Waals surface area (Å²) in [6, 6.07) is -0.882. The lowest BCUT2D eigenvalue weighted by Gasteiger charge is -2.21. The molecule has 17 heavy (non-hydrogen) atoms. The van der Waals surface area contributed by atoms with E-state index in [0.29, 0.717) is 6.61 Å². The molecule has 0 aliphatic rings. The first-order valence-corrected chi connectivity index (χ1v) is 5.80. The van der Waals surface area contributed by atoms with Crippen LogP contribution in [-0.2, 0) is 14.3 Å². The van der Waals surface area contributed by atoms with Gasteiger partial charge in [0.1, 0.15) is 6.04 Å². The number of ether oxygens (including phenoxy) is 1. The van der Waals surface area contributed by atoms with Crippen LogP contribution in [0, 0.1) is 5.92 Å². The van der Waals surface area contributed by atoms with Crippen LogP contribution in [0.1, 0.15) is 41.0 Å². The maximum atomic E-state index is 11.4. The van der Waals surface area contributed by atoms with Gasteiger partial charge in [0.2, 0.25) is 5.91 Å². The van der Waals surface area contributed by atoms with Crippen molar-refractivity contribution in [3.63, 3.8) is 0 Å². The second-order valence-electron chi connectivity index (χ2n) is 5.30. The highest BCUT2D eigenvalue weighted by Crippen LogP contribution is 2.08. The molecule has 2 N–H and O–H groups in total. The van der Waals surface area contributed by atoms with Crippen LogP contribution < -0.4 is 5.32 Å². The molecule has 0 aromatic heterocycles. The molecule has 0 aromatic carbocycles. The smallest absolute Gasteiger partial charge is 0.326 e. The van der Waals surface area contributed by atoms with Crippen LogP contribution in [-0.4, -0.2) is 35.2 Å². The highest BCUT2D eigenvalue weighted by molar-refractivity contribution is 5.84. The number of carboxylic acids is 1. The van der Waals surface area contributed by atoms with Crippen molar-refractivity contribution < 1.29 is 19.4 Å². The van der Waals surface area contributed by atoms with E-state index < -0.39 is 12.0 Å². The molecule has 1 atom stereocenters. The van der Waals surface area contributed by atoms with E-state index in [9.17, 15) is 9.59 Å². The number of carboxylic acid groups (broad SMARTS) is 1. The predicted octanol–water partition coefficient (Wildman–Crippen LogP) is 1.42. The van der Waals surface area contributed by atoms with E-state index in [0.717, 1.165) is 0 Å². The van der Waals surface area contributed by atoms with Gasteiger partial charge < -0.3 is 15.2 Å². The van der Waals surface area contributed by atoms with Crippen LogP contribution in [0.25, 0.3) is 0 Å². The number of amides is 1. The van der Waals surface area contributed by atoms with Gasteiger partial charge in [-0.3, -0.25) is 4.79 Å². The summed E-state index contributed by atoms with van der Waals surface area (Å²) in [5.74, 6) is -1.51. The van der Waals surface area contributed by atoms with Crippen molar-refractivity contribution in [2.75, 3.05) is 6.61 Å². The largest absolute Gasteiger partial charge is 0.480 e. The van der Waals surface area contributed by atoms with Crippen LogP contribution in [0.4, 0.5) is 0 Å². The highest BCUT2D eigenvalue weighted by Gasteiger charge is 2.22. The normalized spacial score (nSPS) is 13.5. The molecule has 0 fully saturated rings. The molecule has 1 amide bonds. The molecule has 0 spiro atoms. The lowest BCUT2D eigenvalue weighted by atomic mass is 10.1. The summed E-state index contributed by atoms with van der Waals surface area (Å²) in [6.45, 7) is 9.44. The Kier molecular flexibility index (Phi) is 6.16. The third kappa shape index (κ3) is 7.74. The van der Waals surface area contributed by atoms with E-state index >= 15 is 0 Å². The highest BCUT2D eigenvalue weighted by atomic mass is 16.5. The van der Waals surface area contributed by atoms with Gasteiger partial charge in [-0.05, 0) is 20.8 Å². The SMILES string of the molecule is CC(C)C(=O)NC(CCOC(C)(C)C)C(=O)O. The van der Waals surface area contributed by atoms with E-state index in [1.165, 1.54) is 0 Å². The molecule has 0 aromatic rings. The Hall–Kier alpha value is -1.10. The minimum absolute atomic E-state index is 0.222. The van der Waals surface area contributed by atoms with Crippen LogP contribution in [0.2, 0.25) is 0 Å². The van der Waals surface area contributed by atoms with Crippen molar-refractivity contribution >= 4 is 11.9 Å². The first kappa shape index (κ1) is 15.9. The van der Waals surface area contributed by atoms with Crippen LogP contribution in [0.3, 0.4) is 0 Å². The zero-order valence-corrected chi connectivity index (χ0v) is 11.2. The summed E-state index contributed by atoms with van der Waals surface area (Å²) in [5, 5.41) is 11.4. The van der Waals surface area contributed by atoms with Gasteiger partial charge in [-0.15, -0.1) is 0 Å². The zero-order valence-electron chi connectivity index (χ0n) is 11.2. The number of carbonyl (C=O) groups is 2. The van der Waals surface area contributed by atoms with Crippen LogP contribution in [0.15, 0.2) is 0 Å². The molecular formula is C12H23NO4. The zero-order chi connectivity index (χ0) is 13.6. The summed E-state index contributed by atoms with van der Waals surface area (Å²) in [7, 11) is 0. The average Bonchev–Trinajstić information content (AvgIpc) is 2.13. The summed E-state index contributed by atoms with van der Waals surface area (Å²) in [4.78, 5) is 22.3. The van der Waals surface area contributed by atoms with Crippen molar-refractivity contribution in [2.45, 2.75) is 52.7 Å². The summed E-state index contributed by atoms with van der Waals surface area (Å²) in [6.07, 6.45) is 0.269. The molecule has 0 aliphatic heterocycles. The van der Waals surface area contributed by atoms with E-state index in [1.54, 1.807) is 13.8 Å². The van der Waals surface area contributed by atoms with Gasteiger partial charge in [0.25, 0.3) is 0 Å². The molecule has 100 valence electrons. The number of carbonyl (C=O) groups excluding carboxylic acids is 1. The standard InChI is InChI=1S/C12H23NO4/c1-8(2)10(14)13-9(11(15)16)6-7-17-12(3,4)5/h8-9H,6-7H2,1-5H3,(H,13,14)(H,15,16). The van der Waals surface area contributed by atoms with E-state index in [4.69, 9.17) is 9.84 Å². The molecule has 0 saturated heterocycles. The Labute approximate surface area is 103 Å². The Morgan fingerprint density at radius 2 is 1.82 bits per heavy atom. The van der Waals surface area contributed by atoms with Gasteiger partial charge in [-0.25, -0.2) is 4.79 Å². The van der Waals surface area contributed by atoms with Crippen molar-refractivity contribution in [3.05, 3.63) is 0 Å². The average molecular weight is 245 g/mol. The monoisotopic (exact) mass is 245 g/mol. The van der Waals surface area contributed by atoms with E-state index in [-0.39, 0.29) is 23.8 Å². The Morgan fingerprint density at radius 1 is 1.29 bits per heavy atom. The minimum atomic E-state index is -1.03. The fourth-order valence-electron chi connectivity index (χ4n) is 1.08. The van der Waals surface area contributed by atoms with Gasteiger partial charge in [0.15, 0.2) is 0 Å². The van der Waals surface area contributed by atoms with E-state index in [1.807, 2.05) is 20.8 Å². The lowest BCUT2D eigenvalue weighted by molar-refractivity contribution is -0.143. The number of nitrogens with one attached hydrogen (secondary N) is 1. The third-order valence-corrected chi connectivity index (χ3v) is 2.08. The van der Waals surface area contributed by atoms with E-state index in [2.05, 4.69) is 5.32 Å². The number of rotatable bonds is 6. The number of aliphatic carboxylic acids is 1. The molecule has 0 aliphatic carbocycles. The summed E-state index contributed by atoms with van der Waals surface area (Å²) < 4.78 is 5.44. The Balaban J connectivity index is 4.18. The molecule has 0 heterocycles. The van der Waals surface area contributed by atoms with Crippen molar-refractivity contribution in [3.8, 4) is 0 Å². The molecule has 5 heteroatoms. The van der Waals surface area contributed by atoms with Gasteiger partial charge in [-0.1, -0.05) is 13.8 Å². The predicted molar refractivity (Wildman–Crippen MR) is 64.7 cm³/mol. The second kappa shape index (κ2) is 6.59. The molecule has 0 rings (SSSR count). The molecule has 0 saturated carbocycles. The first-order chi connectivity index (χ1) is 7.63. The number of hydrogen-bond donors (Lipinski definition) is 2. The van der Waals surface area contributed by atoms with Gasteiger partial charge in [-0.2, -0.15) is 0 Å². The Bertz CT molecular complexity index is 268. The Morgan fingerprint density at radius 3 is 2.18 bits per heavy atom. The summed E-state index contributed by atoms with van der Waals surface area (Å²) >= 11 is 0. The van der Waals surface area contributed by atoms with Crippen molar-refractivity contribution in [2.24, 2.45) is 5.92 Å². The van der Waals surface area contributed by atoms with Crippen molar-refractivity contribution in [1.29, 1.82) is 0 Å². The minimum Gasteiger partial charge on any atom is -0.480 e. The maximum Gasteiger partial charge on any atom is 0.326 e. The molecule has 5 nitrogen and oxygen atoms in total. The first-order valence-electron chi connectivity index (χ1n) is 5.80. The second-order valence-corrected chi connectivity index (χ2v) is 5.30. The molecule has 1 unspecified atom stereocenters. The third-order valence-electron chi connectivity index (χ3n) is 2.08. The lowest BCUT2D eigenvalue weighted by Crippen LogP contribution is -2.43. The van der Waals surface area contributed by atoms with Crippen LogP contribution >= 0.6 is 0 Å². The quantitative estimate of drug-likeness (QED) is 0.742. The molecular weight excluding hydrogens is 222 g/mol. The molecule has 0 radical (unpaired) electrons. The van der Waals surface area contributed by atoms with Crippen LogP contribution in [0.5, 0.6) is 0 Å². The fourth-order valence-corrected chi connectivity index (χ4v) is 1.08.